The molecule has 0 aromatic heterocycles. The third-order valence-corrected chi connectivity index (χ3v) is 3.75. The number of amides is 1. The summed E-state index contributed by atoms with van der Waals surface area (Å²) in [5, 5.41) is 9.30. The van der Waals surface area contributed by atoms with Crippen molar-refractivity contribution in [3.8, 4) is 0 Å². The van der Waals surface area contributed by atoms with E-state index in [1.165, 1.54) is 0 Å². The number of benzene rings is 2. The smallest absolute Gasteiger partial charge is 0.251 e. The Bertz CT molecular complexity index is 748. The largest absolute Gasteiger partial charge is 0.354 e. The van der Waals surface area contributed by atoms with E-state index in [-0.39, 0.29) is 5.91 Å². The van der Waals surface area contributed by atoms with Crippen LogP contribution in [-0.4, -0.2) is 25.0 Å². The standard InChI is InChI=1S/C19H20N4O/c1-2-14-3-7-16(8-4-14)18(24)22-13-15-5-9-17(10-6-15)23-19-20-11-12-21-19/h2-10H,1,11-13H2,(H,22,24)(H2,20,21,23). The van der Waals surface area contributed by atoms with E-state index in [0.717, 1.165) is 35.9 Å². The van der Waals surface area contributed by atoms with Crippen molar-refractivity contribution in [3.63, 3.8) is 0 Å². The number of guanidine groups is 1. The van der Waals surface area contributed by atoms with E-state index in [1.54, 1.807) is 18.2 Å². The van der Waals surface area contributed by atoms with Gasteiger partial charge < -0.3 is 16.0 Å². The maximum atomic E-state index is 12.1. The summed E-state index contributed by atoms with van der Waals surface area (Å²) in [6, 6.07) is 15.3. The SMILES string of the molecule is C=Cc1ccc(C(=O)NCc2ccc(NC3=NCCN3)cc2)cc1. The Kier molecular flexibility index (Phi) is 4.91. The van der Waals surface area contributed by atoms with Crippen LogP contribution in [0.1, 0.15) is 21.5 Å². The fourth-order valence-corrected chi connectivity index (χ4v) is 2.38. The van der Waals surface area contributed by atoms with Crippen LogP contribution in [0.15, 0.2) is 60.1 Å². The van der Waals surface area contributed by atoms with Crippen LogP contribution in [0.2, 0.25) is 0 Å². The van der Waals surface area contributed by atoms with Crippen LogP contribution in [0.5, 0.6) is 0 Å². The minimum absolute atomic E-state index is 0.0858. The van der Waals surface area contributed by atoms with E-state index in [4.69, 9.17) is 0 Å². The monoisotopic (exact) mass is 320 g/mol. The summed E-state index contributed by atoms with van der Waals surface area (Å²) in [6.07, 6.45) is 1.75. The number of anilines is 1. The van der Waals surface area contributed by atoms with Gasteiger partial charge in [-0.1, -0.05) is 36.9 Å². The van der Waals surface area contributed by atoms with E-state index in [9.17, 15) is 4.79 Å². The molecule has 0 aliphatic carbocycles. The molecule has 0 unspecified atom stereocenters. The molecule has 0 fully saturated rings. The fourth-order valence-electron chi connectivity index (χ4n) is 2.38. The van der Waals surface area contributed by atoms with Gasteiger partial charge in [0.1, 0.15) is 0 Å². The minimum atomic E-state index is -0.0858. The maximum Gasteiger partial charge on any atom is 0.251 e. The van der Waals surface area contributed by atoms with Crippen molar-refractivity contribution in [2.45, 2.75) is 6.54 Å². The Hall–Kier alpha value is -3.08. The second kappa shape index (κ2) is 7.46. The molecule has 24 heavy (non-hydrogen) atoms. The molecule has 2 aromatic carbocycles. The molecule has 122 valence electrons. The number of carbonyl (C=O) groups excluding carboxylic acids is 1. The fraction of sp³-hybridized carbons (Fsp3) is 0.158. The molecule has 0 radical (unpaired) electrons. The summed E-state index contributed by atoms with van der Waals surface area (Å²) in [5.74, 6) is 0.719. The average Bonchev–Trinajstić information content (AvgIpc) is 3.14. The molecule has 0 saturated heterocycles. The molecule has 0 bridgehead atoms. The van der Waals surface area contributed by atoms with Crippen molar-refractivity contribution >= 4 is 23.6 Å². The lowest BCUT2D eigenvalue weighted by Gasteiger charge is -2.09. The molecule has 0 saturated carbocycles. The normalized spacial score (nSPS) is 12.9. The summed E-state index contributed by atoms with van der Waals surface area (Å²) in [6.45, 7) is 5.87. The van der Waals surface area contributed by atoms with Gasteiger partial charge in [0.15, 0.2) is 5.96 Å². The van der Waals surface area contributed by atoms with Crippen LogP contribution in [0.3, 0.4) is 0 Å². The minimum Gasteiger partial charge on any atom is -0.354 e. The van der Waals surface area contributed by atoms with Gasteiger partial charge >= 0.3 is 0 Å². The van der Waals surface area contributed by atoms with Gasteiger partial charge in [0.05, 0.1) is 6.54 Å². The third-order valence-electron chi connectivity index (χ3n) is 3.75. The van der Waals surface area contributed by atoms with Crippen molar-refractivity contribution < 1.29 is 4.79 Å². The lowest BCUT2D eigenvalue weighted by molar-refractivity contribution is 0.0951. The van der Waals surface area contributed by atoms with Crippen LogP contribution in [-0.2, 0) is 6.54 Å². The van der Waals surface area contributed by atoms with Gasteiger partial charge in [-0.05, 0) is 35.4 Å². The number of hydrogen-bond donors (Lipinski definition) is 3. The molecule has 0 spiro atoms. The van der Waals surface area contributed by atoms with Crippen LogP contribution in [0, 0.1) is 0 Å². The van der Waals surface area contributed by atoms with Crippen LogP contribution in [0.4, 0.5) is 5.69 Å². The van der Waals surface area contributed by atoms with Crippen LogP contribution >= 0.6 is 0 Å². The first-order chi connectivity index (χ1) is 11.7. The van der Waals surface area contributed by atoms with E-state index in [0.29, 0.717) is 12.1 Å². The highest BCUT2D eigenvalue weighted by Gasteiger charge is 2.06. The van der Waals surface area contributed by atoms with Crippen LogP contribution in [0.25, 0.3) is 6.08 Å². The van der Waals surface area contributed by atoms with Gasteiger partial charge in [-0.2, -0.15) is 0 Å². The third kappa shape index (κ3) is 4.01. The molecule has 0 atom stereocenters. The van der Waals surface area contributed by atoms with Gasteiger partial charge in [0, 0.05) is 24.3 Å². The molecule has 3 N–H and O–H groups in total. The van der Waals surface area contributed by atoms with Gasteiger partial charge in [-0.15, -0.1) is 0 Å². The number of rotatable bonds is 5. The van der Waals surface area contributed by atoms with Gasteiger partial charge in [-0.3, -0.25) is 9.79 Å². The molecule has 1 aliphatic rings. The van der Waals surface area contributed by atoms with Crippen molar-refractivity contribution in [3.05, 3.63) is 71.8 Å². The first-order valence-corrected chi connectivity index (χ1v) is 7.89. The Morgan fingerprint density at radius 3 is 2.54 bits per heavy atom. The molecular weight excluding hydrogens is 300 g/mol. The van der Waals surface area contributed by atoms with Crippen molar-refractivity contribution in [1.29, 1.82) is 0 Å². The highest BCUT2D eigenvalue weighted by Crippen LogP contribution is 2.10. The second-order valence-corrected chi connectivity index (χ2v) is 5.49. The highest BCUT2D eigenvalue weighted by molar-refractivity contribution is 5.95. The predicted octanol–water partition coefficient (Wildman–Crippen LogP) is 2.63. The molecular formula is C19H20N4O. The molecule has 2 aromatic rings. The Labute approximate surface area is 141 Å². The number of hydrogen-bond acceptors (Lipinski definition) is 4. The van der Waals surface area contributed by atoms with Gasteiger partial charge in [-0.25, -0.2) is 0 Å². The first-order valence-electron chi connectivity index (χ1n) is 7.89. The number of aliphatic imine (C=N–C) groups is 1. The van der Waals surface area contributed by atoms with Crippen LogP contribution < -0.4 is 16.0 Å². The Morgan fingerprint density at radius 2 is 1.92 bits per heavy atom. The van der Waals surface area contributed by atoms with Crippen molar-refractivity contribution in [2.75, 3.05) is 18.4 Å². The van der Waals surface area contributed by atoms with E-state index < -0.39 is 0 Å². The first kappa shape index (κ1) is 15.8. The zero-order valence-electron chi connectivity index (χ0n) is 13.4. The second-order valence-electron chi connectivity index (χ2n) is 5.49. The number of nitrogens with one attached hydrogen (secondary N) is 3. The molecule has 1 aliphatic heterocycles. The van der Waals surface area contributed by atoms with E-state index in [1.807, 2.05) is 36.4 Å². The van der Waals surface area contributed by atoms with E-state index in [2.05, 4.69) is 27.5 Å². The molecule has 5 heteroatoms. The average molecular weight is 320 g/mol. The molecule has 1 amide bonds. The van der Waals surface area contributed by atoms with Crippen molar-refractivity contribution in [2.24, 2.45) is 4.99 Å². The topological polar surface area (TPSA) is 65.5 Å². The highest BCUT2D eigenvalue weighted by atomic mass is 16.1. The molecule has 5 nitrogen and oxygen atoms in total. The summed E-state index contributed by atoms with van der Waals surface area (Å²) >= 11 is 0. The lowest BCUT2D eigenvalue weighted by atomic mass is 10.1. The molecule has 1 heterocycles. The zero-order valence-corrected chi connectivity index (χ0v) is 13.4. The lowest BCUT2D eigenvalue weighted by Crippen LogP contribution is -2.26. The van der Waals surface area contributed by atoms with Crippen molar-refractivity contribution in [1.82, 2.24) is 10.6 Å². The Balaban J connectivity index is 1.53. The summed E-state index contributed by atoms with van der Waals surface area (Å²) in [4.78, 5) is 16.4. The predicted molar refractivity (Wildman–Crippen MR) is 98.1 cm³/mol. The van der Waals surface area contributed by atoms with Gasteiger partial charge in [0.25, 0.3) is 5.91 Å². The maximum absolute atomic E-state index is 12.1. The quantitative estimate of drug-likeness (QED) is 0.793. The van der Waals surface area contributed by atoms with Gasteiger partial charge in [0.2, 0.25) is 0 Å². The number of nitrogens with zero attached hydrogens (tertiary/aromatic N) is 1. The summed E-state index contributed by atoms with van der Waals surface area (Å²) in [5.41, 5.74) is 3.65. The van der Waals surface area contributed by atoms with E-state index >= 15 is 0 Å². The summed E-state index contributed by atoms with van der Waals surface area (Å²) in [7, 11) is 0. The number of carbonyl (C=O) groups is 1. The Morgan fingerprint density at radius 1 is 1.17 bits per heavy atom. The molecule has 3 rings (SSSR count). The summed E-state index contributed by atoms with van der Waals surface area (Å²) < 4.78 is 0. The zero-order chi connectivity index (χ0) is 16.8.